The van der Waals surface area contributed by atoms with E-state index in [0.717, 1.165) is 31.4 Å². The van der Waals surface area contributed by atoms with Crippen molar-refractivity contribution in [3.8, 4) is 0 Å². The van der Waals surface area contributed by atoms with E-state index < -0.39 is 17.8 Å². The lowest BCUT2D eigenvalue weighted by Gasteiger charge is -2.14. The van der Waals surface area contributed by atoms with Crippen LogP contribution in [-0.2, 0) is 22.4 Å². The second kappa shape index (κ2) is 4.92. The van der Waals surface area contributed by atoms with Crippen molar-refractivity contribution < 1.29 is 14.7 Å². The number of carbonyl (C=O) groups is 2. The predicted octanol–water partition coefficient (Wildman–Crippen LogP) is 2.07. The van der Waals surface area contributed by atoms with Gasteiger partial charge in [0.2, 0.25) is 5.91 Å². The van der Waals surface area contributed by atoms with E-state index >= 15 is 0 Å². The minimum Gasteiger partial charge on any atom is -0.481 e. The first-order chi connectivity index (χ1) is 9.15. The Morgan fingerprint density at radius 2 is 2.00 bits per heavy atom. The van der Waals surface area contributed by atoms with Crippen LogP contribution in [0.3, 0.4) is 0 Å². The maximum Gasteiger partial charge on any atom is 0.307 e. The molecule has 3 rings (SSSR count). The molecule has 2 N–H and O–H groups in total. The molecule has 1 heterocycles. The highest BCUT2D eigenvalue weighted by atomic mass is 32.1. The molecule has 2 atom stereocenters. The van der Waals surface area contributed by atoms with Crippen LogP contribution in [0.4, 0.5) is 5.13 Å². The van der Waals surface area contributed by atoms with E-state index in [0.29, 0.717) is 18.0 Å². The molecule has 0 spiro atoms. The van der Waals surface area contributed by atoms with Crippen LogP contribution in [0.25, 0.3) is 0 Å². The Hall–Kier alpha value is -1.43. The zero-order valence-corrected chi connectivity index (χ0v) is 11.3. The summed E-state index contributed by atoms with van der Waals surface area (Å²) in [7, 11) is 0. The van der Waals surface area contributed by atoms with Crippen molar-refractivity contribution >= 4 is 28.3 Å². The second-order valence-corrected chi connectivity index (χ2v) is 6.30. The molecule has 1 aromatic rings. The third-order valence-electron chi connectivity index (χ3n) is 4.00. The number of aliphatic carboxylic acids is 1. The lowest BCUT2D eigenvalue weighted by Crippen LogP contribution is -2.29. The number of nitrogens with one attached hydrogen (secondary N) is 1. The number of aryl methyl sites for hydroxylation is 2. The third-order valence-corrected chi connectivity index (χ3v) is 5.07. The van der Waals surface area contributed by atoms with Gasteiger partial charge in [-0.1, -0.05) is 6.42 Å². The maximum atomic E-state index is 12.1. The van der Waals surface area contributed by atoms with Gasteiger partial charge in [0.05, 0.1) is 17.5 Å². The van der Waals surface area contributed by atoms with Crippen molar-refractivity contribution in [1.29, 1.82) is 0 Å². The molecule has 2 aliphatic carbocycles. The molecule has 6 heteroatoms. The Morgan fingerprint density at radius 3 is 2.74 bits per heavy atom. The van der Waals surface area contributed by atoms with Gasteiger partial charge in [-0.3, -0.25) is 9.59 Å². The number of hydrogen-bond acceptors (Lipinski definition) is 4. The predicted molar refractivity (Wildman–Crippen MR) is 71.2 cm³/mol. The highest BCUT2D eigenvalue weighted by Gasteiger charge is 2.38. The van der Waals surface area contributed by atoms with Gasteiger partial charge < -0.3 is 10.4 Å². The Labute approximate surface area is 115 Å². The van der Waals surface area contributed by atoms with Crippen LogP contribution in [0.15, 0.2) is 0 Å². The van der Waals surface area contributed by atoms with Crippen LogP contribution in [-0.4, -0.2) is 22.0 Å². The van der Waals surface area contributed by atoms with Crippen molar-refractivity contribution in [1.82, 2.24) is 4.98 Å². The largest absolute Gasteiger partial charge is 0.481 e. The first-order valence-corrected chi connectivity index (χ1v) is 7.49. The molecule has 0 aliphatic heterocycles. The molecule has 0 aromatic carbocycles. The lowest BCUT2D eigenvalue weighted by atomic mass is 9.95. The molecule has 1 aromatic heterocycles. The average Bonchev–Trinajstić information content (AvgIpc) is 3.01. The minimum absolute atomic E-state index is 0.183. The molecular formula is C13H16N2O3S. The van der Waals surface area contributed by atoms with Gasteiger partial charge in [0.1, 0.15) is 0 Å². The highest BCUT2D eigenvalue weighted by Crippen LogP contribution is 2.34. The van der Waals surface area contributed by atoms with Crippen LogP contribution < -0.4 is 5.32 Å². The van der Waals surface area contributed by atoms with Gasteiger partial charge in [-0.2, -0.15) is 0 Å². The number of fused-ring (bicyclic) bond motifs is 1. The molecule has 1 saturated carbocycles. The number of rotatable bonds is 3. The number of carbonyl (C=O) groups excluding carboxylic acids is 1. The van der Waals surface area contributed by atoms with E-state index in [-0.39, 0.29) is 5.91 Å². The summed E-state index contributed by atoms with van der Waals surface area (Å²) >= 11 is 1.53. The standard InChI is InChI=1S/C13H16N2O3S/c16-11(7-3-1-4-8(7)12(17)18)15-13-14-9-5-2-6-10(9)19-13/h7-8H,1-6H2,(H,17,18)(H,14,15,16). The fourth-order valence-corrected chi connectivity index (χ4v) is 4.06. The number of nitrogens with zero attached hydrogens (tertiary/aromatic N) is 1. The van der Waals surface area contributed by atoms with Gasteiger partial charge in [0.15, 0.2) is 5.13 Å². The SMILES string of the molecule is O=C(O)C1CCCC1C(=O)Nc1nc2c(s1)CCC2. The molecule has 19 heavy (non-hydrogen) atoms. The van der Waals surface area contributed by atoms with E-state index in [4.69, 9.17) is 5.11 Å². The maximum absolute atomic E-state index is 12.1. The summed E-state index contributed by atoms with van der Waals surface area (Å²) in [5.74, 6) is -1.99. The van der Waals surface area contributed by atoms with Gasteiger partial charge in [-0.15, -0.1) is 11.3 Å². The fourth-order valence-electron chi connectivity index (χ4n) is 3.01. The summed E-state index contributed by atoms with van der Waals surface area (Å²) in [6, 6.07) is 0. The molecule has 1 fully saturated rings. The molecule has 2 aliphatic rings. The van der Waals surface area contributed by atoms with Crippen molar-refractivity contribution in [2.75, 3.05) is 5.32 Å². The normalized spacial score (nSPS) is 25.3. The van der Waals surface area contributed by atoms with E-state index in [1.54, 1.807) is 0 Å². The van der Waals surface area contributed by atoms with Crippen molar-refractivity contribution in [2.45, 2.75) is 38.5 Å². The summed E-state index contributed by atoms with van der Waals surface area (Å²) < 4.78 is 0. The second-order valence-electron chi connectivity index (χ2n) is 5.21. The number of carboxylic acid groups (broad SMARTS) is 1. The Bertz CT molecular complexity index is 504. The number of hydrogen-bond donors (Lipinski definition) is 2. The lowest BCUT2D eigenvalue weighted by molar-refractivity contribution is -0.145. The summed E-state index contributed by atoms with van der Waals surface area (Å²) in [5.41, 5.74) is 1.10. The average molecular weight is 280 g/mol. The molecule has 2 unspecified atom stereocenters. The Morgan fingerprint density at radius 1 is 1.21 bits per heavy atom. The van der Waals surface area contributed by atoms with Gasteiger partial charge in [0, 0.05) is 4.88 Å². The van der Waals surface area contributed by atoms with Crippen LogP contribution in [0.1, 0.15) is 36.3 Å². The minimum atomic E-state index is -0.862. The number of thiazole rings is 1. The van der Waals surface area contributed by atoms with Gasteiger partial charge in [-0.25, -0.2) is 4.98 Å². The summed E-state index contributed by atoms with van der Waals surface area (Å²) in [6.07, 6.45) is 5.25. The van der Waals surface area contributed by atoms with Gasteiger partial charge in [0.25, 0.3) is 0 Å². The summed E-state index contributed by atoms with van der Waals surface area (Å²) in [5, 5.41) is 12.5. The van der Waals surface area contributed by atoms with Crippen molar-refractivity contribution in [2.24, 2.45) is 11.8 Å². The van der Waals surface area contributed by atoms with Gasteiger partial charge >= 0.3 is 5.97 Å². The fraction of sp³-hybridized carbons (Fsp3) is 0.615. The van der Waals surface area contributed by atoms with Crippen LogP contribution in [0, 0.1) is 11.8 Å². The monoisotopic (exact) mass is 280 g/mol. The number of aromatic nitrogens is 1. The molecular weight excluding hydrogens is 264 g/mol. The van der Waals surface area contributed by atoms with Crippen LogP contribution in [0.2, 0.25) is 0 Å². The third kappa shape index (κ3) is 2.36. The first kappa shape index (κ1) is 12.6. The zero-order chi connectivity index (χ0) is 13.4. The summed E-state index contributed by atoms with van der Waals surface area (Å²) in [4.78, 5) is 28.9. The number of anilines is 1. The van der Waals surface area contributed by atoms with E-state index in [1.165, 1.54) is 16.2 Å². The molecule has 5 nitrogen and oxygen atoms in total. The van der Waals surface area contributed by atoms with E-state index in [9.17, 15) is 9.59 Å². The smallest absolute Gasteiger partial charge is 0.307 e. The summed E-state index contributed by atoms with van der Waals surface area (Å²) in [6.45, 7) is 0. The Balaban J connectivity index is 1.68. The van der Waals surface area contributed by atoms with Crippen molar-refractivity contribution in [3.63, 3.8) is 0 Å². The number of amides is 1. The van der Waals surface area contributed by atoms with Crippen LogP contribution >= 0.6 is 11.3 Å². The zero-order valence-electron chi connectivity index (χ0n) is 10.5. The topological polar surface area (TPSA) is 79.3 Å². The molecule has 0 saturated heterocycles. The number of carboxylic acids is 1. The molecule has 0 radical (unpaired) electrons. The van der Waals surface area contributed by atoms with Crippen LogP contribution in [0.5, 0.6) is 0 Å². The quantitative estimate of drug-likeness (QED) is 0.888. The molecule has 102 valence electrons. The van der Waals surface area contributed by atoms with Gasteiger partial charge in [-0.05, 0) is 32.1 Å². The van der Waals surface area contributed by atoms with E-state index in [1.807, 2.05) is 0 Å². The highest BCUT2D eigenvalue weighted by molar-refractivity contribution is 7.15. The molecule has 1 amide bonds. The van der Waals surface area contributed by atoms with E-state index in [2.05, 4.69) is 10.3 Å². The first-order valence-electron chi connectivity index (χ1n) is 6.67. The molecule has 0 bridgehead atoms. The van der Waals surface area contributed by atoms with Crippen molar-refractivity contribution in [3.05, 3.63) is 10.6 Å². The Kier molecular flexibility index (Phi) is 3.26.